The summed E-state index contributed by atoms with van der Waals surface area (Å²) in [5, 5.41) is 0.575. The quantitative estimate of drug-likeness (QED) is 0.445. The Labute approximate surface area is 207 Å². The van der Waals surface area contributed by atoms with Crippen LogP contribution in [0.2, 0.25) is 10.0 Å². The van der Waals surface area contributed by atoms with Crippen LogP contribution in [0.3, 0.4) is 0 Å². The standard InChI is InChI=1S/C26H22Cl2N2O4/c1-34-21-5-3-2-4-20(21)29(24(31)13-6-9-18(27)19(28)10-13)12-30-25(32)22-14-7-8-15(17-11-16(14)17)23(22)26(30)33/h2-10,14-17,22-23H,11-12H2,1H3/t14-,15+,16-,17-,22+,23+/m1/s1. The van der Waals surface area contributed by atoms with Gasteiger partial charge in [-0.3, -0.25) is 24.2 Å². The van der Waals surface area contributed by atoms with Gasteiger partial charge in [-0.15, -0.1) is 0 Å². The molecule has 3 fully saturated rings. The van der Waals surface area contributed by atoms with E-state index in [4.69, 9.17) is 27.9 Å². The molecular weight excluding hydrogens is 475 g/mol. The van der Waals surface area contributed by atoms with Crippen molar-refractivity contribution in [2.75, 3.05) is 18.7 Å². The van der Waals surface area contributed by atoms with Crippen LogP contribution in [0.5, 0.6) is 5.75 Å². The molecule has 34 heavy (non-hydrogen) atoms. The van der Waals surface area contributed by atoms with Crippen molar-refractivity contribution in [3.05, 3.63) is 70.2 Å². The van der Waals surface area contributed by atoms with Crippen molar-refractivity contribution in [2.24, 2.45) is 35.5 Å². The molecule has 6 nitrogen and oxygen atoms in total. The smallest absolute Gasteiger partial charge is 0.259 e. The first-order valence-corrected chi connectivity index (χ1v) is 12.1. The molecule has 1 aliphatic heterocycles. The lowest BCUT2D eigenvalue weighted by Crippen LogP contribution is -2.45. The van der Waals surface area contributed by atoms with Crippen LogP contribution in [0.15, 0.2) is 54.6 Å². The fraction of sp³-hybridized carbons (Fsp3) is 0.346. The Morgan fingerprint density at radius 3 is 2.26 bits per heavy atom. The Morgan fingerprint density at radius 2 is 1.65 bits per heavy atom. The van der Waals surface area contributed by atoms with Crippen LogP contribution >= 0.6 is 23.2 Å². The number of anilines is 1. The molecule has 2 aromatic rings. The Morgan fingerprint density at radius 1 is 1.00 bits per heavy atom. The minimum absolute atomic E-state index is 0.118. The van der Waals surface area contributed by atoms with Crippen molar-refractivity contribution in [1.29, 1.82) is 0 Å². The fourth-order valence-corrected chi connectivity index (χ4v) is 6.49. The highest BCUT2D eigenvalue weighted by molar-refractivity contribution is 6.42. The fourth-order valence-electron chi connectivity index (χ4n) is 6.19. The van der Waals surface area contributed by atoms with Gasteiger partial charge in [-0.05, 0) is 60.4 Å². The number of imide groups is 1. The van der Waals surface area contributed by atoms with Crippen LogP contribution in [-0.4, -0.2) is 36.4 Å². The van der Waals surface area contributed by atoms with Crippen LogP contribution in [0.1, 0.15) is 16.8 Å². The molecule has 8 heteroatoms. The van der Waals surface area contributed by atoms with Gasteiger partial charge < -0.3 is 4.74 Å². The molecule has 2 bridgehead atoms. The molecule has 0 spiro atoms. The lowest BCUT2D eigenvalue weighted by molar-refractivity contribution is -0.140. The summed E-state index contributed by atoms with van der Waals surface area (Å²) in [4.78, 5) is 43.5. The summed E-state index contributed by atoms with van der Waals surface area (Å²) in [5.41, 5.74) is 0.750. The van der Waals surface area contributed by atoms with Gasteiger partial charge in [0.25, 0.3) is 5.91 Å². The lowest BCUT2D eigenvalue weighted by Gasteiger charge is -2.37. The highest BCUT2D eigenvalue weighted by Gasteiger charge is 2.67. The van der Waals surface area contributed by atoms with E-state index in [1.54, 1.807) is 36.4 Å². The van der Waals surface area contributed by atoms with Crippen molar-refractivity contribution < 1.29 is 19.1 Å². The minimum atomic E-state index is -0.414. The molecule has 0 unspecified atom stereocenters. The number of nitrogens with zero attached hydrogens (tertiary/aromatic N) is 2. The van der Waals surface area contributed by atoms with Gasteiger partial charge in [0.2, 0.25) is 11.8 Å². The summed E-state index contributed by atoms with van der Waals surface area (Å²) < 4.78 is 5.49. The summed E-state index contributed by atoms with van der Waals surface area (Å²) in [6.45, 7) is -0.196. The average Bonchev–Trinajstić information content (AvgIpc) is 3.64. The van der Waals surface area contributed by atoms with Crippen molar-refractivity contribution in [2.45, 2.75) is 6.42 Å². The molecule has 174 valence electrons. The Bertz CT molecular complexity index is 1230. The molecule has 1 heterocycles. The molecule has 4 aliphatic carbocycles. The van der Waals surface area contributed by atoms with Crippen molar-refractivity contribution in [3.8, 4) is 5.75 Å². The molecule has 2 aromatic carbocycles. The molecule has 7 rings (SSSR count). The maximum atomic E-state index is 13.7. The van der Waals surface area contributed by atoms with Crippen molar-refractivity contribution in [3.63, 3.8) is 0 Å². The van der Waals surface area contributed by atoms with Gasteiger partial charge in [0, 0.05) is 5.56 Å². The van der Waals surface area contributed by atoms with Gasteiger partial charge in [-0.1, -0.05) is 47.5 Å². The van der Waals surface area contributed by atoms with Crippen LogP contribution in [0, 0.1) is 35.5 Å². The van der Waals surface area contributed by atoms with Gasteiger partial charge in [-0.2, -0.15) is 0 Å². The summed E-state index contributed by atoms with van der Waals surface area (Å²) in [6, 6.07) is 11.6. The van der Waals surface area contributed by atoms with Gasteiger partial charge in [0.05, 0.1) is 34.7 Å². The van der Waals surface area contributed by atoms with E-state index in [9.17, 15) is 14.4 Å². The van der Waals surface area contributed by atoms with E-state index in [-0.39, 0.29) is 47.2 Å². The molecule has 2 saturated carbocycles. The number of hydrogen-bond acceptors (Lipinski definition) is 4. The molecular formula is C26H22Cl2N2O4. The Hall–Kier alpha value is -2.83. The zero-order valence-corrected chi connectivity index (χ0v) is 19.9. The number of hydrogen-bond donors (Lipinski definition) is 0. The summed E-state index contributed by atoms with van der Waals surface area (Å²) in [6.07, 6.45) is 5.36. The molecule has 1 saturated heterocycles. The lowest BCUT2D eigenvalue weighted by atomic mass is 9.63. The molecule has 0 radical (unpaired) electrons. The monoisotopic (exact) mass is 496 g/mol. The number of para-hydroxylation sites is 2. The van der Waals surface area contributed by atoms with E-state index in [0.29, 0.717) is 33.9 Å². The number of rotatable bonds is 5. The van der Waals surface area contributed by atoms with Crippen molar-refractivity contribution in [1.82, 2.24) is 4.90 Å². The number of allylic oxidation sites excluding steroid dienone is 2. The second-order valence-corrected chi connectivity index (χ2v) is 10.2. The predicted octanol–water partition coefficient (Wildman–Crippen LogP) is 4.66. The average molecular weight is 497 g/mol. The highest BCUT2D eigenvalue weighted by Crippen LogP contribution is 2.65. The summed E-state index contributed by atoms with van der Waals surface area (Å²) in [5.74, 6) is 0.253. The van der Waals surface area contributed by atoms with E-state index >= 15 is 0 Å². The number of methoxy groups -OCH3 is 1. The van der Waals surface area contributed by atoms with Gasteiger partial charge in [-0.25, -0.2) is 0 Å². The SMILES string of the molecule is COc1ccccc1N(CN1C(=O)[C@H]2[C@@H]3C=C[C@@H]([C@H]4C[C@H]34)[C@@H]2C1=O)C(=O)c1ccc(Cl)c(Cl)c1. The third-order valence-electron chi connectivity index (χ3n) is 7.82. The van der Waals surface area contributed by atoms with E-state index in [2.05, 4.69) is 12.2 Å². The van der Waals surface area contributed by atoms with E-state index < -0.39 is 5.91 Å². The normalized spacial score (nSPS) is 30.3. The number of carbonyl (C=O) groups excluding carboxylic acids is 3. The second kappa shape index (κ2) is 7.85. The van der Waals surface area contributed by atoms with E-state index in [1.165, 1.54) is 23.0 Å². The molecule has 0 N–H and O–H groups in total. The second-order valence-electron chi connectivity index (χ2n) is 9.43. The first-order valence-electron chi connectivity index (χ1n) is 11.3. The van der Waals surface area contributed by atoms with Gasteiger partial charge >= 0.3 is 0 Å². The largest absolute Gasteiger partial charge is 0.495 e. The number of benzene rings is 2. The third kappa shape index (κ3) is 3.12. The first kappa shape index (κ1) is 21.7. The van der Waals surface area contributed by atoms with Gasteiger partial charge in [0.15, 0.2) is 0 Å². The zero-order chi connectivity index (χ0) is 23.7. The maximum absolute atomic E-state index is 13.7. The number of halogens is 2. The van der Waals surface area contributed by atoms with Crippen LogP contribution in [0.25, 0.3) is 0 Å². The summed E-state index contributed by atoms with van der Waals surface area (Å²) in [7, 11) is 1.51. The Kier molecular flexibility index (Phi) is 5.01. The van der Waals surface area contributed by atoms with Crippen LogP contribution in [-0.2, 0) is 9.59 Å². The summed E-state index contributed by atoms with van der Waals surface area (Å²) >= 11 is 12.2. The zero-order valence-electron chi connectivity index (χ0n) is 18.4. The number of likely N-dealkylation sites (tertiary alicyclic amines) is 1. The Balaban J connectivity index is 1.37. The van der Waals surface area contributed by atoms with Crippen LogP contribution in [0.4, 0.5) is 5.69 Å². The van der Waals surface area contributed by atoms with E-state index in [0.717, 1.165) is 6.42 Å². The first-order chi connectivity index (χ1) is 16.4. The highest BCUT2D eigenvalue weighted by atomic mass is 35.5. The number of carbonyl (C=O) groups is 3. The van der Waals surface area contributed by atoms with Crippen molar-refractivity contribution >= 4 is 46.6 Å². The van der Waals surface area contributed by atoms with Gasteiger partial charge in [0.1, 0.15) is 12.4 Å². The predicted molar refractivity (Wildman–Crippen MR) is 128 cm³/mol. The number of amides is 3. The third-order valence-corrected chi connectivity index (χ3v) is 8.56. The molecule has 6 atom stereocenters. The van der Waals surface area contributed by atoms with Crippen LogP contribution < -0.4 is 9.64 Å². The minimum Gasteiger partial charge on any atom is -0.495 e. The topological polar surface area (TPSA) is 66.9 Å². The maximum Gasteiger partial charge on any atom is 0.259 e. The molecule has 0 aromatic heterocycles. The molecule has 3 amide bonds. The van der Waals surface area contributed by atoms with E-state index in [1.807, 2.05) is 0 Å². The molecule has 5 aliphatic rings. The number of ether oxygens (including phenoxy) is 1.